The van der Waals surface area contributed by atoms with Crippen molar-refractivity contribution in [3.63, 3.8) is 0 Å². The zero-order valence-corrected chi connectivity index (χ0v) is 25.3. The number of carbonyl (C=O) groups is 2. The Morgan fingerprint density at radius 2 is 1.34 bits per heavy atom. The largest absolute Gasteiger partial charge is 0.507 e. The Bertz CT molecular complexity index is 1150. The minimum atomic E-state index is -0.757. The molecule has 0 radical (unpaired) electrons. The number of unbranched alkanes of at least 4 members (excludes halogenated alkanes) is 13. The Morgan fingerprint density at radius 3 is 1.88 bits per heavy atom. The van der Waals surface area contributed by atoms with Gasteiger partial charge in [-0.25, -0.2) is 0 Å². The van der Waals surface area contributed by atoms with Gasteiger partial charge in [0.25, 0.3) is 11.7 Å². The molecule has 3 rings (SSSR count). The first-order chi connectivity index (χ1) is 19.9. The van der Waals surface area contributed by atoms with Crippen molar-refractivity contribution in [2.45, 2.75) is 110 Å². The van der Waals surface area contributed by atoms with E-state index in [0.717, 1.165) is 24.8 Å². The third-order valence-electron chi connectivity index (χ3n) is 8.14. The van der Waals surface area contributed by atoms with Crippen LogP contribution in [-0.2, 0) is 9.59 Å². The average molecular weight is 564 g/mol. The van der Waals surface area contributed by atoms with Crippen molar-refractivity contribution in [2.24, 2.45) is 0 Å². The van der Waals surface area contributed by atoms with E-state index < -0.39 is 17.7 Å². The molecule has 0 saturated carbocycles. The highest BCUT2D eigenvalue weighted by atomic mass is 16.5. The highest BCUT2D eigenvalue weighted by Gasteiger charge is 2.46. The maximum Gasteiger partial charge on any atom is 0.295 e. The van der Waals surface area contributed by atoms with Crippen LogP contribution in [0.2, 0.25) is 0 Å². The van der Waals surface area contributed by atoms with Crippen molar-refractivity contribution in [3.05, 3.63) is 64.7 Å². The lowest BCUT2D eigenvalue weighted by Gasteiger charge is -2.26. The Kier molecular flexibility index (Phi) is 13.3. The molecule has 1 fully saturated rings. The van der Waals surface area contributed by atoms with Gasteiger partial charge in [0.2, 0.25) is 0 Å². The Morgan fingerprint density at radius 1 is 0.805 bits per heavy atom. The lowest BCUT2D eigenvalue weighted by molar-refractivity contribution is -0.139. The number of aromatic hydroxyl groups is 1. The highest BCUT2D eigenvalue weighted by molar-refractivity contribution is 6.46. The predicted octanol–water partition coefficient (Wildman–Crippen LogP) is 8.61. The van der Waals surface area contributed by atoms with E-state index in [1.54, 1.807) is 29.2 Å². The molecule has 2 aromatic carbocycles. The molecule has 2 aromatic rings. The molecule has 1 aliphatic rings. The van der Waals surface area contributed by atoms with Crippen LogP contribution in [0, 0.1) is 6.92 Å². The monoisotopic (exact) mass is 563 g/mol. The molecule has 1 amide bonds. The zero-order valence-electron chi connectivity index (χ0n) is 25.3. The smallest absolute Gasteiger partial charge is 0.295 e. The number of phenolic OH excluding ortho intramolecular Hbond substituents is 1. The minimum Gasteiger partial charge on any atom is -0.507 e. The number of ketones is 1. The average Bonchev–Trinajstić information content (AvgIpc) is 3.22. The fraction of sp³-hybridized carbons (Fsp3) is 0.543. The number of hydrogen-bond acceptors (Lipinski definition) is 5. The van der Waals surface area contributed by atoms with Crippen molar-refractivity contribution in [1.82, 2.24) is 4.90 Å². The first-order valence-corrected chi connectivity index (χ1v) is 15.6. The van der Waals surface area contributed by atoms with E-state index in [-0.39, 0.29) is 22.8 Å². The molecule has 1 saturated heterocycles. The number of Topliss-reactive ketones (excluding diaryl/α,β-unsaturated/α-hetero) is 1. The van der Waals surface area contributed by atoms with E-state index in [1.165, 1.54) is 83.8 Å². The minimum absolute atomic E-state index is 0.0290. The van der Waals surface area contributed by atoms with Crippen molar-refractivity contribution in [1.29, 1.82) is 0 Å². The first-order valence-electron chi connectivity index (χ1n) is 15.6. The van der Waals surface area contributed by atoms with Gasteiger partial charge in [0, 0.05) is 12.1 Å². The number of aliphatic hydroxyl groups is 1. The van der Waals surface area contributed by atoms with Gasteiger partial charge in [-0.3, -0.25) is 9.59 Å². The van der Waals surface area contributed by atoms with Gasteiger partial charge in [-0.2, -0.15) is 0 Å². The number of ether oxygens (including phenoxy) is 1. The first kappa shape index (κ1) is 32.2. The topological polar surface area (TPSA) is 87.1 Å². The maximum absolute atomic E-state index is 13.3. The lowest BCUT2D eigenvalue weighted by Crippen LogP contribution is -2.30. The van der Waals surface area contributed by atoms with Gasteiger partial charge >= 0.3 is 0 Å². The molecular weight excluding hydrogens is 514 g/mol. The number of hydrogen-bond donors (Lipinski definition) is 2. The number of aryl methyl sites for hydroxylation is 1. The summed E-state index contributed by atoms with van der Waals surface area (Å²) < 4.78 is 5.30. The van der Waals surface area contributed by atoms with Crippen LogP contribution in [0.3, 0.4) is 0 Å². The number of likely N-dealkylation sites (tertiary alicyclic amines) is 1. The van der Waals surface area contributed by atoms with Gasteiger partial charge < -0.3 is 19.8 Å². The predicted molar refractivity (Wildman–Crippen MR) is 165 cm³/mol. The number of benzene rings is 2. The molecule has 0 spiro atoms. The molecule has 2 N–H and O–H groups in total. The zero-order chi connectivity index (χ0) is 29.6. The summed E-state index contributed by atoms with van der Waals surface area (Å²) in [5, 5.41) is 21.4. The molecule has 224 valence electrons. The Balaban J connectivity index is 1.59. The summed E-state index contributed by atoms with van der Waals surface area (Å²) in [6.07, 6.45) is 17.4. The number of carbonyl (C=O) groups excluding carboxylic acids is 2. The van der Waals surface area contributed by atoms with Crippen LogP contribution in [0.25, 0.3) is 5.76 Å². The molecule has 41 heavy (non-hydrogen) atoms. The molecule has 1 atom stereocenters. The van der Waals surface area contributed by atoms with E-state index in [1.807, 2.05) is 19.1 Å². The normalized spacial score (nSPS) is 16.5. The quantitative estimate of drug-likeness (QED) is 0.0820. The van der Waals surface area contributed by atoms with Gasteiger partial charge in [0.15, 0.2) is 11.5 Å². The number of methoxy groups -OCH3 is 1. The maximum atomic E-state index is 13.3. The second-order valence-corrected chi connectivity index (χ2v) is 11.4. The van der Waals surface area contributed by atoms with Crippen molar-refractivity contribution in [3.8, 4) is 11.5 Å². The standard InChI is InChI=1S/C35H49NO5/c1-4-5-6-7-8-9-10-11-12-13-14-15-16-17-24-36-32(28-22-23-29(37)30(25-28)41-3)31(34(39)35(36)40)33(38)27-20-18-26(2)19-21-27/h18-23,25,32,37-38H,4-17,24H2,1-3H3. The molecule has 1 heterocycles. The molecule has 6 heteroatoms. The van der Waals surface area contributed by atoms with Crippen LogP contribution >= 0.6 is 0 Å². The molecule has 1 aliphatic heterocycles. The van der Waals surface area contributed by atoms with Crippen LogP contribution < -0.4 is 4.74 Å². The molecule has 0 aliphatic carbocycles. The highest BCUT2D eigenvalue weighted by Crippen LogP contribution is 2.42. The van der Waals surface area contributed by atoms with Crippen LogP contribution in [0.5, 0.6) is 11.5 Å². The fourth-order valence-corrected chi connectivity index (χ4v) is 5.67. The second kappa shape index (κ2) is 16.9. The fourth-order valence-electron chi connectivity index (χ4n) is 5.67. The Hall–Kier alpha value is -3.28. The molecule has 0 aromatic heterocycles. The summed E-state index contributed by atoms with van der Waals surface area (Å²) >= 11 is 0. The van der Waals surface area contributed by atoms with E-state index in [2.05, 4.69) is 6.92 Å². The van der Waals surface area contributed by atoms with E-state index in [0.29, 0.717) is 17.7 Å². The van der Waals surface area contributed by atoms with E-state index >= 15 is 0 Å². The second-order valence-electron chi connectivity index (χ2n) is 11.4. The van der Waals surface area contributed by atoms with Crippen molar-refractivity contribution < 1.29 is 24.5 Å². The van der Waals surface area contributed by atoms with Gasteiger partial charge in [-0.05, 0) is 31.0 Å². The summed E-state index contributed by atoms with van der Waals surface area (Å²) in [5.41, 5.74) is 2.19. The summed E-state index contributed by atoms with van der Waals surface area (Å²) in [6, 6.07) is 11.3. The number of phenols is 1. The summed E-state index contributed by atoms with van der Waals surface area (Å²) in [4.78, 5) is 28.1. The number of nitrogens with zero attached hydrogens (tertiary/aromatic N) is 1. The number of aliphatic hydroxyl groups excluding tert-OH is 1. The molecular formula is C35H49NO5. The van der Waals surface area contributed by atoms with E-state index in [9.17, 15) is 19.8 Å². The van der Waals surface area contributed by atoms with Gasteiger partial charge in [0.1, 0.15) is 5.76 Å². The van der Waals surface area contributed by atoms with E-state index in [4.69, 9.17) is 4.74 Å². The SMILES string of the molecule is CCCCCCCCCCCCCCCCN1C(=O)C(=O)C(=C(O)c2ccc(C)cc2)C1c1ccc(O)c(OC)c1. The van der Waals surface area contributed by atoms with Crippen LogP contribution in [0.15, 0.2) is 48.0 Å². The Labute approximate surface area is 246 Å². The summed E-state index contributed by atoms with van der Waals surface area (Å²) in [6.45, 7) is 4.62. The summed E-state index contributed by atoms with van der Waals surface area (Å²) in [5.74, 6) is -1.27. The summed E-state index contributed by atoms with van der Waals surface area (Å²) in [7, 11) is 1.46. The molecule has 0 bridgehead atoms. The lowest BCUT2D eigenvalue weighted by atomic mass is 9.94. The van der Waals surface area contributed by atoms with Crippen LogP contribution in [0.4, 0.5) is 0 Å². The number of amides is 1. The van der Waals surface area contributed by atoms with Gasteiger partial charge in [-0.15, -0.1) is 0 Å². The van der Waals surface area contributed by atoms with Crippen LogP contribution in [-0.4, -0.2) is 40.5 Å². The van der Waals surface area contributed by atoms with Crippen molar-refractivity contribution >= 4 is 17.4 Å². The molecule has 1 unspecified atom stereocenters. The number of rotatable bonds is 18. The molecule has 6 nitrogen and oxygen atoms in total. The third kappa shape index (κ3) is 9.11. The van der Waals surface area contributed by atoms with Crippen molar-refractivity contribution in [2.75, 3.05) is 13.7 Å². The van der Waals surface area contributed by atoms with Gasteiger partial charge in [0.05, 0.1) is 18.7 Å². The van der Waals surface area contributed by atoms with Gasteiger partial charge in [-0.1, -0.05) is 126 Å². The third-order valence-corrected chi connectivity index (χ3v) is 8.14. The van der Waals surface area contributed by atoms with Crippen LogP contribution in [0.1, 0.15) is 120 Å².